The van der Waals surface area contributed by atoms with Crippen LogP contribution in [0.15, 0.2) is 6.20 Å². The molecule has 112 valence electrons. The fourth-order valence-electron chi connectivity index (χ4n) is 2.51. The number of rotatable bonds is 6. The number of nitrogens with one attached hydrogen (secondary N) is 1. The van der Waals surface area contributed by atoms with Gasteiger partial charge in [-0.3, -0.25) is 9.48 Å². The second-order valence-electron chi connectivity index (χ2n) is 5.32. The molecule has 1 aromatic rings. The Kier molecular flexibility index (Phi) is 5.14. The summed E-state index contributed by atoms with van der Waals surface area (Å²) in [6.07, 6.45) is 4.70. The summed E-state index contributed by atoms with van der Waals surface area (Å²) in [5.74, 6) is -0.0792. The molecule has 6 nitrogen and oxygen atoms in total. The molecule has 0 aromatic carbocycles. The third kappa shape index (κ3) is 3.37. The zero-order valence-electron chi connectivity index (χ0n) is 12.3. The standard InChI is InChI=1S/C14H24N4O2/c1-10(13-5-3-8-20-13)17-14(19)12-9-16-18(11(12)2)7-4-6-15/h9-10,13H,3-8,15H2,1-2H3,(H,17,19). The predicted octanol–water partition coefficient (Wildman–Crippen LogP) is 0.838. The molecule has 0 radical (unpaired) electrons. The smallest absolute Gasteiger partial charge is 0.255 e. The van der Waals surface area contributed by atoms with Crippen LogP contribution in [0.3, 0.4) is 0 Å². The summed E-state index contributed by atoms with van der Waals surface area (Å²) in [5, 5.41) is 7.25. The van der Waals surface area contributed by atoms with E-state index < -0.39 is 0 Å². The molecule has 0 aliphatic carbocycles. The number of carbonyl (C=O) groups excluding carboxylic acids is 1. The van der Waals surface area contributed by atoms with Crippen LogP contribution >= 0.6 is 0 Å². The van der Waals surface area contributed by atoms with E-state index in [2.05, 4.69) is 10.4 Å². The van der Waals surface area contributed by atoms with Crippen molar-refractivity contribution in [1.29, 1.82) is 0 Å². The Morgan fingerprint density at radius 3 is 3.15 bits per heavy atom. The number of amides is 1. The van der Waals surface area contributed by atoms with E-state index in [0.29, 0.717) is 12.1 Å². The van der Waals surface area contributed by atoms with E-state index in [9.17, 15) is 4.79 Å². The SMILES string of the molecule is Cc1c(C(=O)NC(C)C2CCCO2)cnn1CCCN. The van der Waals surface area contributed by atoms with Gasteiger partial charge in [0.2, 0.25) is 0 Å². The van der Waals surface area contributed by atoms with Crippen molar-refractivity contribution in [1.82, 2.24) is 15.1 Å². The lowest BCUT2D eigenvalue weighted by Crippen LogP contribution is -2.41. The zero-order chi connectivity index (χ0) is 14.5. The van der Waals surface area contributed by atoms with Gasteiger partial charge in [0.05, 0.1) is 23.9 Å². The van der Waals surface area contributed by atoms with E-state index in [1.54, 1.807) is 6.20 Å². The number of aromatic nitrogens is 2. The lowest BCUT2D eigenvalue weighted by molar-refractivity contribution is 0.0712. The second-order valence-corrected chi connectivity index (χ2v) is 5.32. The summed E-state index contributed by atoms with van der Waals surface area (Å²) >= 11 is 0. The summed E-state index contributed by atoms with van der Waals surface area (Å²) in [6.45, 7) is 6.06. The number of nitrogens with two attached hydrogens (primary N) is 1. The van der Waals surface area contributed by atoms with Crippen molar-refractivity contribution < 1.29 is 9.53 Å². The van der Waals surface area contributed by atoms with Gasteiger partial charge in [-0.15, -0.1) is 0 Å². The minimum atomic E-state index is -0.0792. The Bertz CT molecular complexity index is 452. The first-order valence-electron chi connectivity index (χ1n) is 7.28. The van der Waals surface area contributed by atoms with E-state index in [-0.39, 0.29) is 18.1 Å². The molecule has 1 saturated heterocycles. The Balaban J connectivity index is 1.96. The van der Waals surface area contributed by atoms with E-state index in [1.807, 2.05) is 18.5 Å². The second kappa shape index (κ2) is 6.85. The minimum Gasteiger partial charge on any atom is -0.376 e. The Hall–Kier alpha value is -1.40. The first kappa shape index (κ1) is 15.0. The summed E-state index contributed by atoms with van der Waals surface area (Å²) in [6, 6.07) is 0.0248. The monoisotopic (exact) mass is 280 g/mol. The van der Waals surface area contributed by atoms with Gasteiger partial charge in [0.15, 0.2) is 0 Å². The molecule has 2 atom stereocenters. The van der Waals surface area contributed by atoms with Gasteiger partial charge in [0.1, 0.15) is 0 Å². The van der Waals surface area contributed by atoms with Crippen LogP contribution in [-0.4, -0.2) is 41.0 Å². The first-order valence-corrected chi connectivity index (χ1v) is 7.28. The number of carbonyl (C=O) groups is 1. The van der Waals surface area contributed by atoms with Crippen LogP contribution in [-0.2, 0) is 11.3 Å². The van der Waals surface area contributed by atoms with Crippen LogP contribution in [0.25, 0.3) is 0 Å². The molecule has 0 bridgehead atoms. The third-order valence-electron chi connectivity index (χ3n) is 3.80. The van der Waals surface area contributed by atoms with E-state index in [1.165, 1.54) is 0 Å². The maximum atomic E-state index is 12.3. The van der Waals surface area contributed by atoms with Gasteiger partial charge >= 0.3 is 0 Å². The molecule has 1 fully saturated rings. The average molecular weight is 280 g/mol. The summed E-state index contributed by atoms with van der Waals surface area (Å²) in [5.41, 5.74) is 7.01. The van der Waals surface area contributed by atoms with Gasteiger partial charge < -0.3 is 15.8 Å². The van der Waals surface area contributed by atoms with Crippen LogP contribution < -0.4 is 11.1 Å². The first-order chi connectivity index (χ1) is 9.63. The molecule has 2 unspecified atom stereocenters. The quantitative estimate of drug-likeness (QED) is 0.809. The predicted molar refractivity (Wildman–Crippen MR) is 76.5 cm³/mol. The van der Waals surface area contributed by atoms with Crippen molar-refractivity contribution in [2.45, 2.75) is 51.8 Å². The Labute approximate surface area is 119 Å². The van der Waals surface area contributed by atoms with Crippen LogP contribution in [0.4, 0.5) is 0 Å². The highest BCUT2D eigenvalue weighted by Crippen LogP contribution is 2.16. The number of ether oxygens (including phenoxy) is 1. The lowest BCUT2D eigenvalue weighted by atomic mass is 10.1. The molecule has 2 rings (SSSR count). The van der Waals surface area contributed by atoms with Crippen LogP contribution in [0.1, 0.15) is 42.2 Å². The van der Waals surface area contributed by atoms with Crippen LogP contribution in [0.5, 0.6) is 0 Å². The zero-order valence-corrected chi connectivity index (χ0v) is 12.3. The molecule has 0 saturated carbocycles. The summed E-state index contributed by atoms with van der Waals surface area (Å²) < 4.78 is 7.42. The topological polar surface area (TPSA) is 82.2 Å². The van der Waals surface area contributed by atoms with E-state index >= 15 is 0 Å². The molecular formula is C14H24N4O2. The van der Waals surface area contributed by atoms with E-state index in [0.717, 1.165) is 38.1 Å². The Morgan fingerprint density at radius 1 is 1.70 bits per heavy atom. The fraction of sp³-hybridized carbons (Fsp3) is 0.714. The molecule has 3 N–H and O–H groups in total. The maximum Gasteiger partial charge on any atom is 0.255 e. The largest absolute Gasteiger partial charge is 0.376 e. The molecule has 1 aliphatic heterocycles. The minimum absolute atomic E-state index is 0.0248. The number of hydrogen-bond donors (Lipinski definition) is 2. The number of aryl methyl sites for hydroxylation is 1. The fourth-order valence-corrected chi connectivity index (χ4v) is 2.51. The summed E-state index contributed by atoms with van der Waals surface area (Å²) in [7, 11) is 0. The van der Waals surface area contributed by atoms with Crippen LogP contribution in [0, 0.1) is 6.92 Å². The van der Waals surface area contributed by atoms with Gasteiger partial charge in [0, 0.05) is 18.8 Å². The molecule has 1 amide bonds. The van der Waals surface area contributed by atoms with Gasteiger partial charge in [-0.25, -0.2) is 0 Å². The molecule has 0 spiro atoms. The van der Waals surface area contributed by atoms with Crippen molar-refractivity contribution in [3.8, 4) is 0 Å². The van der Waals surface area contributed by atoms with Crippen molar-refractivity contribution in [2.24, 2.45) is 5.73 Å². The highest BCUT2D eigenvalue weighted by atomic mass is 16.5. The highest BCUT2D eigenvalue weighted by Gasteiger charge is 2.25. The normalized spacial score (nSPS) is 20.1. The molecule has 6 heteroatoms. The van der Waals surface area contributed by atoms with Gasteiger partial charge in [-0.2, -0.15) is 5.10 Å². The van der Waals surface area contributed by atoms with Crippen molar-refractivity contribution in [3.05, 3.63) is 17.5 Å². The maximum absolute atomic E-state index is 12.3. The third-order valence-corrected chi connectivity index (χ3v) is 3.80. The molecule has 2 heterocycles. The van der Waals surface area contributed by atoms with Gasteiger partial charge in [0.25, 0.3) is 5.91 Å². The molecule has 1 aromatic heterocycles. The Morgan fingerprint density at radius 2 is 2.50 bits per heavy atom. The van der Waals surface area contributed by atoms with E-state index in [4.69, 9.17) is 10.5 Å². The lowest BCUT2D eigenvalue weighted by Gasteiger charge is -2.19. The van der Waals surface area contributed by atoms with Gasteiger partial charge in [-0.1, -0.05) is 0 Å². The number of hydrogen-bond acceptors (Lipinski definition) is 4. The molecule has 1 aliphatic rings. The van der Waals surface area contributed by atoms with Gasteiger partial charge in [-0.05, 0) is 39.7 Å². The average Bonchev–Trinajstić information content (AvgIpc) is 3.06. The van der Waals surface area contributed by atoms with Crippen molar-refractivity contribution >= 4 is 5.91 Å². The van der Waals surface area contributed by atoms with Crippen molar-refractivity contribution in [3.63, 3.8) is 0 Å². The highest BCUT2D eigenvalue weighted by molar-refractivity contribution is 5.95. The molecule has 20 heavy (non-hydrogen) atoms. The van der Waals surface area contributed by atoms with Crippen LogP contribution in [0.2, 0.25) is 0 Å². The molecular weight excluding hydrogens is 256 g/mol. The number of nitrogens with zero attached hydrogens (tertiary/aromatic N) is 2. The summed E-state index contributed by atoms with van der Waals surface area (Å²) in [4.78, 5) is 12.3. The van der Waals surface area contributed by atoms with Crippen molar-refractivity contribution in [2.75, 3.05) is 13.2 Å².